The van der Waals surface area contributed by atoms with E-state index in [1.54, 1.807) is 38.6 Å². The maximum absolute atomic E-state index is 14.2. The summed E-state index contributed by atoms with van der Waals surface area (Å²) < 4.78 is 20.8. The molecule has 102 valence electrons. The van der Waals surface area contributed by atoms with Gasteiger partial charge in [0, 0.05) is 7.05 Å². The predicted molar refractivity (Wildman–Crippen MR) is 70.5 cm³/mol. The Morgan fingerprint density at radius 2 is 2.11 bits per heavy atom. The highest BCUT2D eigenvalue weighted by Crippen LogP contribution is 2.24. The summed E-state index contributed by atoms with van der Waals surface area (Å²) in [7, 11) is 1.72. The molecule has 1 aromatic heterocycles. The molecule has 0 bridgehead atoms. The molecular weight excluding hydrogens is 249 g/mol. The molecule has 0 saturated carbocycles. The van der Waals surface area contributed by atoms with Crippen molar-refractivity contribution in [3.63, 3.8) is 0 Å². The van der Waals surface area contributed by atoms with E-state index in [4.69, 9.17) is 4.74 Å². The quantitative estimate of drug-likeness (QED) is 0.862. The number of hydrogen-bond donors (Lipinski definition) is 1. The summed E-state index contributed by atoms with van der Waals surface area (Å²) in [5, 5.41) is 6.72. The zero-order valence-corrected chi connectivity index (χ0v) is 11.3. The normalized spacial score (nSPS) is 11.6. The van der Waals surface area contributed by atoms with Crippen LogP contribution in [0, 0.1) is 5.82 Å². The number of amides is 1. The van der Waals surface area contributed by atoms with E-state index in [1.807, 2.05) is 0 Å². The molecule has 1 aromatic carbocycles. The maximum Gasteiger partial charge on any atom is 0.412 e. The lowest BCUT2D eigenvalue weighted by molar-refractivity contribution is 0.0635. The molecule has 0 saturated heterocycles. The number of nitrogens with zero attached hydrogens (tertiary/aromatic N) is 2. The third kappa shape index (κ3) is 2.83. The predicted octanol–water partition coefficient (Wildman–Crippen LogP) is 3.06. The van der Waals surface area contributed by atoms with Crippen molar-refractivity contribution >= 4 is 22.7 Å². The molecule has 0 atom stereocenters. The molecule has 1 heterocycles. The number of fused-ring (bicyclic) bond motifs is 1. The van der Waals surface area contributed by atoms with Crippen LogP contribution in [-0.4, -0.2) is 21.5 Å². The van der Waals surface area contributed by atoms with Crippen LogP contribution in [0.3, 0.4) is 0 Å². The Labute approximate surface area is 110 Å². The first-order valence-corrected chi connectivity index (χ1v) is 5.88. The Bertz CT molecular complexity index is 629. The number of nitrogens with one attached hydrogen (secondary N) is 1. The number of carbonyl (C=O) groups excluding carboxylic acids is 1. The van der Waals surface area contributed by atoms with Crippen LogP contribution in [0.1, 0.15) is 20.8 Å². The average molecular weight is 265 g/mol. The minimum atomic E-state index is -0.686. The molecule has 6 heteroatoms. The van der Waals surface area contributed by atoms with Crippen molar-refractivity contribution in [3.8, 4) is 0 Å². The van der Waals surface area contributed by atoms with Gasteiger partial charge in [-0.25, -0.2) is 9.18 Å². The number of aromatic nitrogens is 2. The standard InChI is InChI=1S/C13H16FN3O2/c1-13(2,3)19-12(18)16-9-5-6-10-8(11(9)14)7-15-17(10)4/h5-7H,1-4H3,(H,16,18). The van der Waals surface area contributed by atoms with Gasteiger partial charge < -0.3 is 4.74 Å². The van der Waals surface area contributed by atoms with Gasteiger partial charge >= 0.3 is 6.09 Å². The summed E-state index contributed by atoms with van der Waals surface area (Å²) in [5.74, 6) is -0.517. The van der Waals surface area contributed by atoms with Crippen LogP contribution < -0.4 is 5.32 Å². The Morgan fingerprint density at radius 1 is 1.42 bits per heavy atom. The first-order valence-electron chi connectivity index (χ1n) is 5.88. The van der Waals surface area contributed by atoms with Crippen LogP contribution in [0.15, 0.2) is 18.3 Å². The smallest absolute Gasteiger partial charge is 0.412 e. The average Bonchev–Trinajstić information content (AvgIpc) is 2.63. The summed E-state index contributed by atoms with van der Waals surface area (Å²) in [6.07, 6.45) is 0.736. The molecule has 0 spiro atoms. The number of hydrogen-bond acceptors (Lipinski definition) is 3. The van der Waals surface area contributed by atoms with E-state index < -0.39 is 17.5 Å². The summed E-state index contributed by atoms with van der Waals surface area (Å²) in [4.78, 5) is 11.6. The van der Waals surface area contributed by atoms with E-state index >= 15 is 0 Å². The van der Waals surface area contributed by atoms with Crippen LogP contribution in [-0.2, 0) is 11.8 Å². The van der Waals surface area contributed by atoms with Gasteiger partial charge in [0.05, 0.1) is 22.8 Å². The van der Waals surface area contributed by atoms with Gasteiger partial charge in [-0.1, -0.05) is 0 Å². The van der Waals surface area contributed by atoms with E-state index in [1.165, 1.54) is 12.3 Å². The van der Waals surface area contributed by atoms with Gasteiger partial charge in [-0.3, -0.25) is 10.00 Å². The van der Waals surface area contributed by atoms with Gasteiger partial charge in [-0.2, -0.15) is 5.10 Å². The highest BCUT2D eigenvalue weighted by Gasteiger charge is 2.18. The van der Waals surface area contributed by atoms with Crippen molar-refractivity contribution < 1.29 is 13.9 Å². The molecule has 0 radical (unpaired) electrons. The summed E-state index contributed by atoms with van der Waals surface area (Å²) in [5.41, 5.74) is 0.112. The second-order valence-electron chi connectivity index (χ2n) is 5.25. The van der Waals surface area contributed by atoms with Crippen molar-refractivity contribution in [2.45, 2.75) is 26.4 Å². The minimum Gasteiger partial charge on any atom is -0.444 e. The van der Waals surface area contributed by atoms with E-state index in [0.29, 0.717) is 10.9 Å². The van der Waals surface area contributed by atoms with E-state index in [2.05, 4.69) is 10.4 Å². The van der Waals surface area contributed by atoms with Crippen molar-refractivity contribution in [2.75, 3.05) is 5.32 Å². The van der Waals surface area contributed by atoms with E-state index in [0.717, 1.165) is 0 Å². The van der Waals surface area contributed by atoms with Gasteiger partial charge in [-0.15, -0.1) is 0 Å². The second kappa shape index (κ2) is 4.53. The zero-order chi connectivity index (χ0) is 14.2. The molecule has 1 amide bonds. The highest BCUT2D eigenvalue weighted by atomic mass is 19.1. The van der Waals surface area contributed by atoms with Gasteiger partial charge in [-0.05, 0) is 32.9 Å². The Hall–Kier alpha value is -2.11. The number of carbonyl (C=O) groups is 1. The molecule has 0 unspecified atom stereocenters. The molecular formula is C13H16FN3O2. The minimum absolute atomic E-state index is 0.0785. The number of halogens is 1. The van der Waals surface area contributed by atoms with Crippen LogP contribution in [0.4, 0.5) is 14.9 Å². The first kappa shape index (κ1) is 13.3. The van der Waals surface area contributed by atoms with Crippen molar-refractivity contribution in [1.82, 2.24) is 9.78 Å². The summed E-state index contributed by atoms with van der Waals surface area (Å²) in [6, 6.07) is 3.18. The molecule has 5 nitrogen and oxygen atoms in total. The lowest BCUT2D eigenvalue weighted by Gasteiger charge is -2.19. The van der Waals surface area contributed by atoms with Crippen LogP contribution in [0.2, 0.25) is 0 Å². The molecule has 1 N–H and O–H groups in total. The lowest BCUT2D eigenvalue weighted by atomic mass is 10.2. The molecule has 2 rings (SSSR count). The maximum atomic E-state index is 14.2. The fourth-order valence-corrected chi connectivity index (χ4v) is 1.70. The van der Waals surface area contributed by atoms with Gasteiger partial charge in [0.2, 0.25) is 0 Å². The van der Waals surface area contributed by atoms with Crippen LogP contribution in [0.25, 0.3) is 10.9 Å². The third-order valence-electron chi connectivity index (χ3n) is 2.50. The fourth-order valence-electron chi connectivity index (χ4n) is 1.70. The van der Waals surface area contributed by atoms with E-state index in [9.17, 15) is 9.18 Å². The SMILES string of the molecule is Cn1ncc2c(F)c(NC(=O)OC(C)(C)C)ccc21. The number of rotatable bonds is 1. The number of ether oxygens (including phenoxy) is 1. The Morgan fingerprint density at radius 3 is 2.74 bits per heavy atom. The molecule has 2 aromatic rings. The lowest BCUT2D eigenvalue weighted by Crippen LogP contribution is -2.27. The Kier molecular flexibility index (Phi) is 3.18. The van der Waals surface area contributed by atoms with Gasteiger partial charge in [0.1, 0.15) is 5.60 Å². The van der Waals surface area contributed by atoms with Gasteiger partial charge in [0.15, 0.2) is 5.82 Å². The van der Waals surface area contributed by atoms with Crippen molar-refractivity contribution in [3.05, 3.63) is 24.1 Å². The number of aryl methyl sites for hydroxylation is 1. The third-order valence-corrected chi connectivity index (χ3v) is 2.50. The first-order chi connectivity index (χ1) is 8.78. The van der Waals surface area contributed by atoms with Crippen molar-refractivity contribution in [2.24, 2.45) is 7.05 Å². The Balaban J connectivity index is 2.26. The van der Waals surface area contributed by atoms with Crippen molar-refractivity contribution in [1.29, 1.82) is 0 Å². The monoisotopic (exact) mass is 265 g/mol. The molecule has 19 heavy (non-hydrogen) atoms. The highest BCUT2D eigenvalue weighted by molar-refractivity contribution is 5.90. The summed E-state index contributed by atoms with van der Waals surface area (Å²) in [6.45, 7) is 5.23. The number of benzene rings is 1. The molecule has 0 fully saturated rings. The molecule has 0 aliphatic heterocycles. The fraction of sp³-hybridized carbons (Fsp3) is 0.385. The largest absolute Gasteiger partial charge is 0.444 e. The second-order valence-corrected chi connectivity index (χ2v) is 5.25. The summed E-state index contributed by atoms with van der Waals surface area (Å²) >= 11 is 0. The molecule has 0 aliphatic rings. The van der Waals surface area contributed by atoms with E-state index in [-0.39, 0.29) is 5.69 Å². The molecule has 0 aliphatic carbocycles. The van der Waals surface area contributed by atoms with Gasteiger partial charge in [0.25, 0.3) is 0 Å². The van der Waals surface area contributed by atoms with Crippen LogP contribution >= 0.6 is 0 Å². The number of anilines is 1. The van der Waals surface area contributed by atoms with Crippen LogP contribution in [0.5, 0.6) is 0 Å². The zero-order valence-electron chi connectivity index (χ0n) is 11.3. The topological polar surface area (TPSA) is 56.2 Å².